The molecule has 0 unspecified atom stereocenters. The van der Waals surface area contributed by atoms with E-state index in [2.05, 4.69) is 41.0 Å². The molecule has 4 aromatic carbocycles. The topological polar surface area (TPSA) is 45.4 Å². The normalized spacial score (nSPS) is 11.5. The number of rotatable bonds is 2. The molecule has 0 saturated heterocycles. The van der Waals surface area contributed by atoms with Gasteiger partial charge in [0.2, 0.25) is 0 Å². The van der Waals surface area contributed by atoms with Crippen LogP contribution in [0.4, 0.5) is 0 Å². The monoisotopic (exact) mass is 337 g/mol. The first kappa shape index (κ1) is 15.2. The van der Waals surface area contributed by atoms with Gasteiger partial charge in [0.15, 0.2) is 0 Å². The highest BCUT2D eigenvalue weighted by Crippen LogP contribution is 2.36. The Hall–Kier alpha value is -3.08. The van der Waals surface area contributed by atoms with Gasteiger partial charge in [0, 0.05) is 16.5 Å². The second-order valence-electron chi connectivity index (χ2n) is 6.50. The first-order valence-corrected chi connectivity index (χ1v) is 8.61. The predicted octanol–water partition coefficient (Wildman–Crippen LogP) is 3.62. The zero-order valence-electron chi connectivity index (χ0n) is 14.0. The van der Waals surface area contributed by atoms with Crippen molar-refractivity contribution in [1.82, 2.24) is 4.57 Å². The lowest BCUT2D eigenvalue weighted by molar-refractivity contribution is 0.426. The highest BCUT2D eigenvalue weighted by Gasteiger charge is 2.18. The molecule has 0 atom stereocenters. The van der Waals surface area contributed by atoms with Crippen LogP contribution in [0, 0.1) is 0 Å². The fourth-order valence-electron chi connectivity index (χ4n) is 3.82. The smallest absolute Gasteiger partial charge is 0.423 e. The number of hydrogen-bond acceptors (Lipinski definition) is 2. The quantitative estimate of drug-likeness (QED) is 0.483. The van der Waals surface area contributed by atoms with Crippen molar-refractivity contribution in [3.05, 3.63) is 84.9 Å². The minimum atomic E-state index is -1.48. The largest absolute Gasteiger partial charge is 0.488 e. The van der Waals surface area contributed by atoms with Crippen molar-refractivity contribution < 1.29 is 10.0 Å². The van der Waals surface area contributed by atoms with Gasteiger partial charge in [-0.25, -0.2) is 0 Å². The highest BCUT2D eigenvalue weighted by atomic mass is 16.4. The van der Waals surface area contributed by atoms with Crippen molar-refractivity contribution in [1.29, 1.82) is 0 Å². The van der Waals surface area contributed by atoms with Gasteiger partial charge in [0.05, 0.1) is 11.0 Å². The maximum Gasteiger partial charge on any atom is 0.488 e. The molecule has 0 saturated carbocycles. The third kappa shape index (κ3) is 2.17. The van der Waals surface area contributed by atoms with Gasteiger partial charge < -0.3 is 14.6 Å². The van der Waals surface area contributed by atoms with E-state index < -0.39 is 7.12 Å². The third-order valence-corrected chi connectivity index (χ3v) is 4.99. The minimum Gasteiger partial charge on any atom is -0.423 e. The minimum absolute atomic E-state index is 0.498. The van der Waals surface area contributed by atoms with Crippen LogP contribution in [0.25, 0.3) is 38.3 Å². The Kier molecular flexibility index (Phi) is 3.35. The van der Waals surface area contributed by atoms with Crippen molar-refractivity contribution in [3.8, 4) is 5.69 Å². The second kappa shape index (κ2) is 5.73. The van der Waals surface area contributed by atoms with Gasteiger partial charge in [-0.15, -0.1) is 0 Å². The van der Waals surface area contributed by atoms with E-state index in [-0.39, 0.29) is 0 Å². The molecule has 0 aliphatic heterocycles. The molecule has 5 aromatic rings. The Bertz CT molecular complexity index is 1260. The van der Waals surface area contributed by atoms with Gasteiger partial charge in [0.1, 0.15) is 0 Å². The molecule has 0 radical (unpaired) electrons. The standard InChI is InChI=1S/C22H16BNO2/c25-23(26)16-11-13-20-19(14-16)22-18-9-5-4-6-15(18)10-12-21(22)24(20)17-7-2-1-3-8-17/h1-14,25-26H. The van der Waals surface area contributed by atoms with Crippen LogP contribution in [-0.2, 0) is 0 Å². The van der Waals surface area contributed by atoms with E-state index in [1.807, 2.05) is 42.5 Å². The van der Waals surface area contributed by atoms with E-state index in [0.717, 1.165) is 32.9 Å². The molecule has 0 amide bonds. The zero-order valence-corrected chi connectivity index (χ0v) is 14.0. The fraction of sp³-hybridized carbons (Fsp3) is 0. The summed E-state index contributed by atoms with van der Waals surface area (Å²) >= 11 is 0. The van der Waals surface area contributed by atoms with E-state index in [9.17, 15) is 10.0 Å². The lowest BCUT2D eigenvalue weighted by Gasteiger charge is -2.08. The summed E-state index contributed by atoms with van der Waals surface area (Å²) in [6.07, 6.45) is 0. The molecule has 124 valence electrons. The van der Waals surface area contributed by atoms with Crippen LogP contribution in [0.15, 0.2) is 84.9 Å². The number of hydrogen-bond donors (Lipinski definition) is 2. The van der Waals surface area contributed by atoms with E-state index in [1.54, 1.807) is 6.07 Å². The van der Waals surface area contributed by atoms with Crippen LogP contribution in [0.1, 0.15) is 0 Å². The third-order valence-electron chi connectivity index (χ3n) is 4.99. The van der Waals surface area contributed by atoms with E-state index in [0.29, 0.717) is 5.46 Å². The number of benzene rings is 4. The first-order valence-electron chi connectivity index (χ1n) is 8.61. The predicted molar refractivity (Wildman–Crippen MR) is 108 cm³/mol. The van der Waals surface area contributed by atoms with Crippen molar-refractivity contribution in [2.45, 2.75) is 0 Å². The lowest BCUT2D eigenvalue weighted by Crippen LogP contribution is -2.29. The molecule has 0 aliphatic carbocycles. The summed E-state index contributed by atoms with van der Waals surface area (Å²) in [5.74, 6) is 0. The first-order chi connectivity index (χ1) is 12.7. The molecule has 1 aromatic heterocycles. The van der Waals surface area contributed by atoms with Crippen LogP contribution in [-0.4, -0.2) is 21.7 Å². The Balaban J connectivity index is 2.02. The molecule has 3 nitrogen and oxygen atoms in total. The summed E-state index contributed by atoms with van der Waals surface area (Å²) in [4.78, 5) is 0. The average molecular weight is 337 g/mol. The van der Waals surface area contributed by atoms with E-state index in [1.165, 1.54) is 5.39 Å². The van der Waals surface area contributed by atoms with Crippen LogP contribution in [0.2, 0.25) is 0 Å². The van der Waals surface area contributed by atoms with Crippen LogP contribution < -0.4 is 5.46 Å². The van der Waals surface area contributed by atoms with Crippen LogP contribution in [0.5, 0.6) is 0 Å². The molecule has 2 N–H and O–H groups in total. The van der Waals surface area contributed by atoms with Crippen LogP contribution in [0.3, 0.4) is 0 Å². The number of aromatic nitrogens is 1. The van der Waals surface area contributed by atoms with Crippen molar-refractivity contribution in [2.75, 3.05) is 0 Å². The van der Waals surface area contributed by atoms with Crippen molar-refractivity contribution >= 4 is 45.2 Å². The molecule has 4 heteroatoms. The van der Waals surface area contributed by atoms with Gasteiger partial charge in [-0.05, 0) is 40.5 Å². The molecular formula is C22H16BNO2. The summed E-state index contributed by atoms with van der Waals surface area (Å²) in [5.41, 5.74) is 3.74. The summed E-state index contributed by atoms with van der Waals surface area (Å²) in [5, 5.41) is 23.8. The van der Waals surface area contributed by atoms with E-state index >= 15 is 0 Å². The lowest BCUT2D eigenvalue weighted by atomic mass is 9.79. The molecule has 0 bridgehead atoms. The molecule has 0 spiro atoms. The van der Waals surface area contributed by atoms with Crippen LogP contribution >= 0.6 is 0 Å². The van der Waals surface area contributed by atoms with Gasteiger partial charge in [0.25, 0.3) is 0 Å². The molecule has 26 heavy (non-hydrogen) atoms. The highest BCUT2D eigenvalue weighted by molar-refractivity contribution is 6.59. The molecule has 0 fully saturated rings. The van der Waals surface area contributed by atoms with Gasteiger partial charge in [-0.3, -0.25) is 0 Å². The number of para-hydroxylation sites is 1. The summed E-state index contributed by atoms with van der Waals surface area (Å²) < 4.78 is 2.23. The molecular weight excluding hydrogens is 321 g/mol. The van der Waals surface area contributed by atoms with Crippen molar-refractivity contribution in [3.63, 3.8) is 0 Å². The zero-order chi connectivity index (χ0) is 17.7. The maximum absolute atomic E-state index is 9.64. The summed E-state index contributed by atoms with van der Waals surface area (Å²) in [7, 11) is -1.48. The second-order valence-corrected chi connectivity index (χ2v) is 6.50. The number of nitrogens with zero attached hydrogens (tertiary/aromatic N) is 1. The summed E-state index contributed by atoms with van der Waals surface area (Å²) in [6, 6.07) is 28.4. The van der Waals surface area contributed by atoms with Gasteiger partial charge >= 0.3 is 7.12 Å². The van der Waals surface area contributed by atoms with Gasteiger partial charge in [-0.2, -0.15) is 0 Å². The SMILES string of the molecule is OB(O)c1ccc2c(c1)c1c3ccccc3ccc1n2-c1ccccc1. The van der Waals surface area contributed by atoms with Crippen molar-refractivity contribution in [2.24, 2.45) is 0 Å². The van der Waals surface area contributed by atoms with E-state index in [4.69, 9.17) is 0 Å². The molecule has 1 heterocycles. The summed E-state index contributed by atoms with van der Waals surface area (Å²) in [6.45, 7) is 0. The van der Waals surface area contributed by atoms with Gasteiger partial charge in [-0.1, -0.05) is 60.7 Å². The number of fused-ring (bicyclic) bond motifs is 5. The average Bonchev–Trinajstić information content (AvgIpc) is 3.02. The Morgan fingerprint density at radius 2 is 1.38 bits per heavy atom. The fourth-order valence-corrected chi connectivity index (χ4v) is 3.82. The Labute approximate surface area is 150 Å². The molecule has 5 rings (SSSR count). The Morgan fingerprint density at radius 1 is 0.654 bits per heavy atom. The molecule has 0 aliphatic rings. The Morgan fingerprint density at radius 3 is 2.19 bits per heavy atom. The maximum atomic E-state index is 9.64.